The van der Waals surface area contributed by atoms with Crippen LogP contribution in [0.1, 0.15) is 66.2 Å². The minimum Gasteiger partial charge on any atom is -0.315 e. The average molecular weight is 254 g/mol. The number of likely N-dealkylation sites (N-methyl/N-ethyl adjacent to an activating group) is 1. The Morgan fingerprint density at radius 3 is 1.83 bits per heavy atom. The summed E-state index contributed by atoms with van der Waals surface area (Å²) in [5, 5.41) is 3.68. The van der Waals surface area contributed by atoms with E-state index < -0.39 is 0 Å². The molecule has 0 aromatic heterocycles. The Bertz CT molecular complexity index is 213. The van der Waals surface area contributed by atoms with Gasteiger partial charge in [-0.3, -0.25) is 4.90 Å². The normalized spacial score (nSPS) is 19.7. The molecule has 1 aliphatic rings. The van der Waals surface area contributed by atoms with Crippen molar-refractivity contribution in [3.05, 3.63) is 0 Å². The van der Waals surface area contributed by atoms with Crippen LogP contribution >= 0.6 is 0 Å². The fourth-order valence-corrected chi connectivity index (χ4v) is 4.20. The summed E-state index contributed by atoms with van der Waals surface area (Å²) >= 11 is 0. The highest BCUT2D eigenvalue weighted by Gasteiger charge is 2.43. The molecule has 2 nitrogen and oxygen atoms in total. The fraction of sp³-hybridized carbons (Fsp3) is 1.00. The fourth-order valence-electron chi connectivity index (χ4n) is 4.20. The third kappa shape index (κ3) is 2.91. The molecular formula is C16H34N2. The molecule has 0 bridgehead atoms. The van der Waals surface area contributed by atoms with Crippen molar-refractivity contribution < 1.29 is 0 Å². The predicted octanol–water partition coefficient (Wildman–Crippen LogP) is 3.67. The SMILES string of the molecule is CCC(CC)C(NC)C(CC)(CC)N1CCCC1. The van der Waals surface area contributed by atoms with Crippen molar-refractivity contribution in [3.63, 3.8) is 0 Å². The molecule has 108 valence electrons. The van der Waals surface area contributed by atoms with E-state index in [1.165, 1.54) is 51.6 Å². The molecule has 0 spiro atoms. The molecule has 1 aliphatic heterocycles. The Morgan fingerprint density at radius 1 is 1.00 bits per heavy atom. The van der Waals surface area contributed by atoms with E-state index in [2.05, 4.69) is 45.0 Å². The Morgan fingerprint density at radius 2 is 1.50 bits per heavy atom. The van der Waals surface area contributed by atoms with Gasteiger partial charge in [-0.25, -0.2) is 0 Å². The highest BCUT2D eigenvalue weighted by atomic mass is 15.2. The van der Waals surface area contributed by atoms with Crippen molar-refractivity contribution in [3.8, 4) is 0 Å². The molecule has 0 saturated carbocycles. The Hall–Kier alpha value is -0.0800. The second kappa shape index (κ2) is 7.49. The maximum atomic E-state index is 3.68. The van der Waals surface area contributed by atoms with Gasteiger partial charge < -0.3 is 5.32 Å². The van der Waals surface area contributed by atoms with E-state index in [1.807, 2.05) is 0 Å². The van der Waals surface area contributed by atoms with Gasteiger partial charge in [-0.2, -0.15) is 0 Å². The number of hydrogen-bond donors (Lipinski definition) is 1. The maximum Gasteiger partial charge on any atom is 0.0359 e. The van der Waals surface area contributed by atoms with Gasteiger partial charge in [0.2, 0.25) is 0 Å². The standard InChI is InChI=1S/C16H34N2/c1-6-14(7-2)15(17-5)16(8-3,9-4)18-12-10-11-13-18/h14-15,17H,6-13H2,1-5H3. The lowest BCUT2D eigenvalue weighted by molar-refractivity contribution is 0.0384. The van der Waals surface area contributed by atoms with E-state index in [0.717, 1.165) is 5.92 Å². The Labute approximate surface area is 115 Å². The molecule has 1 saturated heterocycles. The lowest BCUT2D eigenvalue weighted by Crippen LogP contribution is -2.62. The van der Waals surface area contributed by atoms with Crippen molar-refractivity contribution >= 4 is 0 Å². The molecule has 0 aromatic carbocycles. The summed E-state index contributed by atoms with van der Waals surface area (Å²) in [5.41, 5.74) is 0.377. The Balaban J connectivity index is 2.98. The van der Waals surface area contributed by atoms with Crippen LogP contribution in [0.25, 0.3) is 0 Å². The predicted molar refractivity (Wildman–Crippen MR) is 81.0 cm³/mol. The highest BCUT2D eigenvalue weighted by Crippen LogP contribution is 2.36. The van der Waals surface area contributed by atoms with Gasteiger partial charge in [0.25, 0.3) is 0 Å². The molecule has 0 amide bonds. The van der Waals surface area contributed by atoms with Crippen LogP contribution in [0.2, 0.25) is 0 Å². The van der Waals surface area contributed by atoms with E-state index in [9.17, 15) is 0 Å². The summed E-state index contributed by atoms with van der Waals surface area (Å²) in [5.74, 6) is 0.801. The summed E-state index contributed by atoms with van der Waals surface area (Å²) < 4.78 is 0. The van der Waals surface area contributed by atoms with Gasteiger partial charge in [-0.15, -0.1) is 0 Å². The van der Waals surface area contributed by atoms with Gasteiger partial charge in [0.15, 0.2) is 0 Å². The first-order valence-corrected chi connectivity index (χ1v) is 8.12. The largest absolute Gasteiger partial charge is 0.315 e. The molecule has 1 heterocycles. The van der Waals surface area contributed by atoms with Crippen LogP contribution in [0.3, 0.4) is 0 Å². The first-order valence-electron chi connectivity index (χ1n) is 8.12. The van der Waals surface area contributed by atoms with Crippen LogP contribution in [-0.4, -0.2) is 36.6 Å². The number of nitrogens with one attached hydrogen (secondary N) is 1. The first-order chi connectivity index (χ1) is 8.69. The summed E-state index contributed by atoms with van der Waals surface area (Å²) in [4.78, 5) is 2.78. The molecule has 1 rings (SSSR count). The smallest absolute Gasteiger partial charge is 0.0359 e. The number of hydrogen-bond acceptors (Lipinski definition) is 2. The van der Waals surface area contributed by atoms with Crippen LogP contribution in [0.5, 0.6) is 0 Å². The molecule has 1 atom stereocenters. The van der Waals surface area contributed by atoms with Gasteiger partial charge in [-0.1, -0.05) is 40.5 Å². The highest BCUT2D eigenvalue weighted by molar-refractivity contribution is 5.02. The van der Waals surface area contributed by atoms with Crippen molar-refractivity contribution in [2.45, 2.75) is 77.8 Å². The van der Waals surface area contributed by atoms with Gasteiger partial charge in [0.05, 0.1) is 0 Å². The summed E-state index contributed by atoms with van der Waals surface area (Å²) in [6, 6.07) is 0.639. The third-order valence-corrected chi connectivity index (χ3v) is 5.37. The van der Waals surface area contributed by atoms with Crippen molar-refractivity contribution in [2.24, 2.45) is 5.92 Å². The summed E-state index contributed by atoms with van der Waals surface area (Å²) in [7, 11) is 2.17. The van der Waals surface area contributed by atoms with Gasteiger partial charge in [-0.05, 0) is 51.7 Å². The summed E-state index contributed by atoms with van der Waals surface area (Å²) in [6.45, 7) is 12.1. The van der Waals surface area contributed by atoms with Crippen LogP contribution in [0, 0.1) is 5.92 Å². The zero-order chi connectivity index (χ0) is 13.6. The minimum atomic E-state index is 0.377. The van der Waals surface area contributed by atoms with Crippen LogP contribution in [-0.2, 0) is 0 Å². The number of nitrogens with zero attached hydrogens (tertiary/aromatic N) is 1. The van der Waals surface area contributed by atoms with Crippen molar-refractivity contribution in [1.29, 1.82) is 0 Å². The average Bonchev–Trinajstić information content (AvgIpc) is 2.94. The second-order valence-electron chi connectivity index (χ2n) is 5.85. The molecule has 0 aliphatic carbocycles. The van der Waals surface area contributed by atoms with E-state index in [1.54, 1.807) is 0 Å². The zero-order valence-corrected chi connectivity index (χ0v) is 13.3. The maximum absolute atomic E-state index is 3.68. The quantitative estimate of drug-likeness (QED) is 0.711. The molecule has 1 N–H and O–H groups in total. The molecule has 1 fully saturated rings. The van der Waals surface area contributed by atoms with Gasteiger partial charge >= 0.3 is 0 Å². The monoisotopic (exact) mass is 254 g/mol. The third-order valence-electron chi connectivity index (χ3n) is 5.37. The lowest BCUT2D eigenvalue weighted by atomic mass is 9.74. The van der Waals surface area contributed by atoms with E-state index in [4.69, 9.17) is 0 Å². The van der Waals surface area contributed by atoms with E-state index in [-0.39, 0.29) is 0 Å². The van der Waals surface area contributed by atoms with Crippen LogP contribution in [0.15, 0.2) is 0 Å². The molecule has 2 heteroatoms. The van der Waals surface area contributed by atoms with Crippen molar-refractivity contribution in [1.82, 2.24) is 10.2 Å². The van der Waals surface area contributed by atoms with Gasteiger partial charge in [0.1, 0.15) is 0 Å². The van der Waals surface area contributed by atoms with Crippen LogP contribution < -0.4 is 5.32 Å². The van der Waals surface area contributed by atoms with E-state index in [0.29, 0.717) is 11.6 Å². The van der Waals surface area contributed by atoms with Crippen molar-refractivity contribution in [2.75, 3.05) is 20.1 Å². The zero-order valence-electron chi connectivity index (χ0n) is 13.3. The first kappa shape index (κ1) is 16.0. The van der Waals surface area contributed by atoms with E-state index >= 15 is 0 Å². The summed E-state index contributed by atoms with van der Waals surface area (Å²) in [6.07, 6.45) is 7.90. The van der Waals surface area contributed by atoms with Crippen LogP contribution in [0.4, 0.5) is 0 Å². The topological polar surface area (TPSA) is 15.3 Å². The molecule has 0 aromatic rings. The Kier molecular flexibility index (Phi) is 6.65. The second-order valence-corrected chi connectivity index (χ2v) is 5.85. The minimum absolute atomic E-state index is 0.377. The molecule has 0 radical (unpaired) electrons. The number of likely N-dealkylation sites (tertiary alicyclic amines) is 1. The van der Waals surface area contributed by atoms with Gasteiger partial charge in [0, 0.05) is 11.6 Å². The molecule has 1 unspecified atom stereocenters. The lowest BCUT2D eigenvalue weighted by Gasteiger charge is -2.49. The molecule has 18 heavy (non-hydrogen) atoms. The number of rotatable bonds is 8. The molecular weight excluding hydrogens is 220 g/mol.